The van der Waals surface area contributed by atoms with Gasteiger partial charge in [0.1, 0.15) is 10.0 Å². The van der Waals surface area contributed by atoms with E-state index < -0.39 is 10.0 Å². The predicted octanol–water partition coefficient (Wildman–Crippen LogP) is 2.21. The minimum Gasteiger partial charge on any atom is -0.243 e. The van der Waals surface area contributed by atoms with Crippen LogP contribution in [0.1, 0.15) is 5.56 Å². The highest BCUT2D eigenvalue weighted by molar-refractivity contribution is 7.89. The Hall–Kier alpha value is -1.43. The van der Waals surface area contributed by atoms with Crippen molar-refractivity contribution in [3.05, 3.63) is 59.4 Å². The molecule has 1 aromatic heterocycles. The van der Waals surface area contributed by atoms with Crippen molar-refractivity contribution in [1.82, 2.24) is 9.71 Å². The summed E-state index contributed by atoms with van der Waals surface area (Å²) in [6.07, 6.45) is 1.23. The molecule has 0 bridgehead atoms. The Bertz CT molecular complexity index is 612. The molecular weight excluding hydrogens is 272 g/mol. The second kappa shape index (κ2) is 5.48. The number of pyridine rings is 1. The summed E-state index contributed by atoms with van der Waals surface area (Å²) < 4.78 is 26.3. The standard InChI is InChI=1S/C12H11ClN2O2S/c13-12-7-6-11(9-14-12)18(16,17)15-8-10-4-2-1-3-5-10/h1-7,9,15H,8H2. The van der Waals surface area contributed by atoms with Gasteiger partial charge in [0.15, 0.2) is 0 Å². The van der Waals surface area contributed by atoms with Gasteiger partial charge in [0, 0.05) is 12.7 Å². The first-order valence-electron chi connectivity index (χ1n) is 5.23. The third-order valence-corrected chi connectivity index (χ3v) is 3.93. The lowest BCUT2D eigenvalue weighted by atomic mass is 10.2. The molecule has 0 aliphatic heterocycles. The van der Waals surface area contributed by atoms with E-state index in [1.807, 2.05) is 30.3 Å². The Labute approximate surface area is 111 Å². The number of aromatic nitrogens is 1. The molecule has 0 saturated carbocycles. The first kappa shape index (κ1) is 13.0. The van der Waals surface area contributed by atoms with E-state index in [2.05, 4.69) is 9.71 Å². The first-order valence-corrected chi connectivity index (χ1v) is 7.09. The zero-order valence-electron chi connectivity index (χ0n) is 9.38. The van der Waals surface area contributed by atoms with Gasteiger partial charge >= 0.3 is 0 Å². The summed E-state index contributed by atoms with van der Waals surface area (Å²) in [7, 11) is -3.55. The minimum atomic E-state index is -3.55. The molecule has 1 aromatic carbocycles. The number of sulfonamides is 1. The Morgan fingerprint density at radius 3 is 2.44 bits per heavy atom. The van der Waals surface area contributed by atoms with Gasteiger partial charge < -0.3 is 0 Å². The van der Waals surface area contributed by atoms with Crippen LogP contribution >= 0.6 is 11.6 Å². The topological polar surface area (TPSA) is 59.1 Å². The highest BCUT2D eigenvalue weighted by atomic mass is 35.5. The van der Waals surface area contributed by atoms with Crippen molar-refractivity contribution in [2.45, 2.75) is 11.4 Å². The van der Waals surface area contributed by atoms with Gasteiger partial charge in [-0.2, -0.15) is 0 Å². The second-order valence-corrected chi connectivity index (χ2v) is 5.78. The van der Waals surface area contributed by atoms with Crippen molar-refractivity contribution in [2.75, 3.05) is 0 Å². The molecule has 2 rings (SSSR count). The molecule has 0 saturated heterocycles. The molecule has 0 unspecified atom stereocenters. The third-order valence-electron chi connectivity index (χ3n) is 2.32. The third kappa shape index (κ3) is 3.29. The van der Waals surface area contributed by atoms with Crippen molar-refractivity contribution in [3.63, 3.8) is 0 Å². The van der Waals surface area contributed by atoms with Gasteiger partial charge in [-0.15, -0.1) is 0 Å². The number of rotatable bonds is 4. The molecule has 94 valence electrons. The van der Waals surface area contributed by atoms with E-state index in [1.54, 1.807) is 0 Å². The van der Waals surface area contributed by atoms with Crippen LogP contribution in [0.5, 0.6) is 0 Å². The number of hydrogen-bond donors (Lipinski definition) is 1. The average molecular weight is 283 g/mol. The van der Waals surface area contributed by atoms with Crippen LogP contribution in [0.4, 0.5) is 0 Å². The van der Waals surface area contributed by atoms with Gasteiger partial charge in [-0.3, -0.25) is 0 Å². The van der Waals surface area contributed by atoms with E-state index >= 15 is 0 Å². The number of nitrogens with zero attached hydrogens (tertiary/aromatic N) is 1. The molecule has 0 radical (unpaired) electrons. The summed E-state index contributed by atoms with van der Waals surface area (Å²) in [5, 5.41) is 0.261. The van der Waals surface area contributed by atoms with Crippen LogP contribution in [0.2, 0.25) is 5.15 Å². The van der Waals surface area contributed by atoms with Gasteiger partial charge in [-0.05, 0) is 17.7 Å². The molecular formula is C12H11ClN2O2S. The lowest BCUT2D eigenvalue weighted by Crippen LogP contribution is -2.23. The molecule has 18 heavy (non-hydrogen) atoms. The maximum absolute atomic E-state index is 11.9. The molecule has 2 aromatic rings. The lowest BCUT2D eigenvalue weighted by Gasteiger charge is -2.06. The van der Waals surface area contributed by atoms with Crippen molar-refractivity contribution < 1.29 is 8.42 Å². The molecule has 0 spiro atoms. The molecule has 1 N–H and O–H groups in total. The van der Waals surface area contributed by atoms with Crippen LogP contribution in [0.25, 0.3) is 0 Å². The summed E-state index contributed by atoms with van der Waals surface area (Å²) in [6.45, 7) is 0.242. The lowest BCUT2D eigenvalue weighted by molar-refractivity contribution is 0.581. The normalized spacial score (nSPS) is 11.4. The van der Waals surface area contributed by atoms with E-state index in [4.69, 9.17) is 11.6 Å². The smallest absolute Gasteiger partial charge is 0.242 e. The van der Waals surface area contributed by atoms with Crippen molar-refractivity contribution >= 4 is 21.6 Å². The monoisotopic (exact) mass is 282 g/mol. The van der Waals surface area contributed by atoms with Crippen LogP contribution in [-0.4, -0.2) is 13.4 Å². The maximum Gasteiger partial charge on any atom is 0.242 e. The molecule has 0 atom stereocenters. The van der Waals surface area contributed by atoms with E-state index in [-0.39, 0.29) is 16.6 Å². The van der Waals surface area contributed by atoms with E-state index in [0.717, 1.165) is 5.56 Å². The SMILES string of the molecule is O=S(=O)(NCc1ccccc1)c1ccc(Cl)nc1. The fraction of sp³-hybridized carbons (Fsp3) is 0.0833. The van der Waals surface area contributed by atoms with Crippen molar-refractivity contribution in [3.8, 4) is 0 Å². The largest absolute Gasteiger partial charge is 0.243 e. The zero-order chi connectivity index (χ0) is 13.0. The number of hydrogen-bond acceptors (Lipinski definition) is 3. The molecule has 0 aliphatic rings. The van der Waals surface area contributed by atoms with E-state index in [1.165, 1.54) is 18.3 Å². The second-order valence-electron chi connectivity index (χ2n) is 3.63. The molecule has 0 aliphatic carbocycles. The van der Waals surface area contributed by atoms with Crippen molar-refractivity contribution in [1.29, 1.82) is 0 Å². The molecule has 0 fully saturated rings. The summed E-state index contributed by atoms with van der Waals surface area (Å²) in [5.41, 5.74) is 0.892. The highest BCUT2D eigenvalue weighted by Crippen LogP contribution is 2.11. The zero-order valence-corrected chi connectivity index (χ0v) is 10.9. The van der Waals surface area contributed by atoms with Crippen LogP contribution < -0.4 is 4.72 Å². The Balaban J connectivity index is 2.11. The quantitative estimate of drug-likeness (QED) is 0.875. The van der Waals surface area contributed by atoms with Gasteiger partial charge in [0.05, 0.1) is 0 Å². The van der Waals surface area contributed by atoms with Gasteiger partial charge in [0.25, 0.3) is 0 Å². The average Bonchev–Trinajstić information content (AvgIpc) is 2.38. The first-order chi connectivity index (χ1) is 8.58. The Morgan fingerprint density at radius 2 is 1.83 bits per heavy atom. The molecule has 4 nitrogen and oxygen atoms in total. The summed E-state index contributed by atoms with van der Waals surface area (Å²) >= 11 is 5.61. The summed E-state index contributed by atoms with van der Waals surface area (Å²) in [4.78, 5) is 3.85. The molecule has 1 heterocycles. The van der Waals surface area contributed by atoms with Crippen LogP contribution in [0.15, 0.2) is 53.6 Å². The van der Waals surface area contributed by atoms with Crippen LogP contribution in [-0.2, 0) is 16.6 Å². The summed E-state index contributed by atoms with van der Waals surface area (Å²) in [6, 6.07) is 12.1. The van der Waals surface area contributed by atoms with Gasteiger partial charge in [-0.25, -0.2) is 18.1 Å². The van der Waals surface area contributed by atoms with E-state index in [0.29, 0.717) is 0 Å². The number of nitrogens with one attached hydrogen (secondary N) is 1. The van der Waals surface area contributed by atoms with Gasteiger partial charge in [0.2, 0.25) is 10.0 Å². The Morgan fingerprint density at radius 1 is 1.11 bits per heavy atom. The molecule has 0 amide bonds. The van der Waals surface area contributed by atoms with Crippen LogP contribution in [0.3, 0.4) is 0 Å². The van der Waals surface area contributed by atoms with Crippen molar-refractivity contribution in [2.24, 2.45) is 0 Å². The predicted molar refractivity (Wildman–Crippen MR) is 69.7 cm³/mol. The number of halogens is 1. The highest BCUT2D eigenvalue weighted by Gasteiger charge is 2.13. The Kier molecular flexibility index (Phi) is 3.96. The van der Waals surface area contributed by atoms with E-state index in [9.17, 15) is 8.42 Å². The number of benzene rings is 1. The van der Waals surface area contributed by atoms with Gasteiger partial charge in [-0.1, -0.05) is 41.9 Å². The van der Waals surface area contributed by atoms with Crippen LogP contribution in [0, 0.1) is 0 Å². The fourth-order valence-electron chi connectivity index (χ4n) is 1.38. The fourth-order valence-corrected chi connectivity index (χ4v) is 2.45. The molecule has 6 heteroatoms. The summed E-state index contributed by atoms with van der Waals surface area (Å²) in [5.74, 6) is 0. The maximum atomic E-state index is 11.9. The minimum absolute atomic E-state index is 0.0998.